The van der Waals surface area contributed by atoms with E-state index in [4.69, 9.17) is 0 Å². The van der Waals surface area contributed by atoms with Crippen molar-refractivity contribution in [2.75, 3.05) is 0 Å². The van der Waals surface area contributed by atoms with Crippen molar-refractivity contribution in [1.82, 2.24) is 0 Å². The van der Waals surface area contributed by atoms with Crippen LogP contribution >= 0.6 is 0 Å². The number of benzene rings is 2. The fourth-order valence-corrected chi connectivity index (χ4v) is 1.97. The highest BCUT2D eigenvalue weighted by molar-refractivity contribution is 6.04. The molecule has 1 heteroatoms. The maximum Gasteiger partial charge on any atom is 0.178 e. The second-order valence-electron chi connectivity index (χ2n) is 5.30. The lowest BCUT2D eigenvalue weighted by Gasteiger charge is -2.04. The van der Waals surface area contributed by atoms with Gasteiger partial charge in [-0.2, -0.15) is 0 Å². The van der Waals surface area contributed by atoms with Crippen molar-refractivity contribution < 1.29 is 4.79 Å². The van der Waals surface area contributed by atoms with Crippen LogP contribution in [0.15, 0.2) is 66.7 Å². The summed E-state index contributed by atoms with van der Waals surface area (Å²) in [6.45, 7) is 4.34. The van der Waals surface area contributed by atoms with Gasteiger partial charge in [0.1, 0.15) is 0 Å². The predicted octanol–water partition coefficient (Wildman–Crippen LogP) is 5.11. The normalized spacial score (nSPS) is 11.6. The monoisotopic (exact) mass is 276 g/mol. The van der Waals surface area contributed by atoms with Crippen molar-refractivity contribution in [2.45, 2.75) is 19.8 Å². The van der Waals surface area contributed by atoms with Gasteiger partial charge in [0, 0.05) is 0 Å². The lowest BCUT2D eigenvalue weighted by atomic mass is 10.0. The maximum absolute atomic E-state index is 11.8. The summed E-state index contributed by atoms with van der Waals surface area (Å²) >= 11 is 0. The minimum atomic E-state index is -0.00760. The first-order chi connectivity index (χ1) is 10.1. The molecule has 2 rings (SSSR count). The molecule has 0 N–H and O–H groups in total. The number of carbonyl (C=O) groups is 1. The zero-order chi connectivity index (χ0) is 15.1. The van der Waals surface area contributed by atoms with Crippen LogP contribution < -0.4 is 0 Å². The van der Waals surface area contributed by atoms with E-state index in [0.29, 0.717) is 5.92 Å². The molecular weight excluding hydrogens is 256 g/mol. The molecule has 0 atom stereocenters. The van der Waals surface area contributed by atoms with Crippen LogP contribution in [0.25, 0.3) is 12.2 Å². The second kappa shape index (κ2) is 7.39. The van der Waals surface area contributed by atoms with Crippen molar-refractivity contribution in [3.05, 3.63) is 83.4 Å². The van der Waals surface area contributed by atoms with Crippen LogP contribution in [-0.4, -0.2) is 5.78 Å². The SMILES string of the molecule is CC(C)c1ccc(C=CC(=O)C=Cc2ccccc2)cc1. The smallest absolute Gasteiger partial charge is 0.178 e. The molecule has 2 aromatic carbocycles. The van der Waals surface area contributed by atoms with Gasteiger partial charge in [0.25, 0.3) is 0 Å². The summed E-state index contributed by atoms with van der Waals surface area (Å²) in [7, 11) is 0. The Morgan fingerprint density at radius 2 is 1.33 bits per heavy atom. The molecule has 0 heterocycles. The molecule has 0 aliphatic heterocycles. The number of hydrogen-bond acceptors (Lipinski definition) is 1. The highest BCUT2D eigenvalue weighted by Gasteiger charge is 1.97. The summed E-state index contributed by atoms with van der Waals surface area (Å²) in [5, 5.41) is 0. The van der Waals surface area contributed by atoms with Crippen molar-refractivity contribution in [3.63, 3.8) is 0 Å². The zero-order valence-electron chi connectivity index (χ0n) is 12.5. The number of carbonyl (C=O) groups excluding carboxylic acids is 1. The first-order valence-electron chi connectivity index (χ1n) is 7.20. The fourth-order valence-electron chi connectivity index (χ4n) is 1.97. The Morgan fingerprint density at radius 1 is 0.810 bits per heavy atom. The molecule has 0 unspecified atom stereocenters. The summed E-state index contributed by atoms with van der Waals surface area (Å²) in [5.74, 6) is 0.519. The van der Waals surface area contributed by atoms with E-state index in [-0.39, 0.29) is 5.78 Å². The minimum Gasteiger partial charge on any atom is -0.290 e. The first kappa shape index (κ1) is 15.0. The Labute approximate surface area is 126 Å². The topological polar surface area (TPSA) is 17.1 Å². The molecule has 0 bridgehead atoms. The van der Waals surface area contributed by atoms with Gasteiger partial charge in [0.2, 0.25) is 0 Å². The van der Waals surface area contributed by atoms with E-state index in [0.717, 1.165) is 11.1 Å². The molecule has 21 heavy (non-hydrogen) atoms. The van der Waals surface area contributed by atoms with Gasteiger partial charge in [-0.25, -0.2) is 0 Å². The van der Waals surface area contributed by atoms with Crippen LogP contribution in [-0.2, 0) is 4.79 Å². The molecule has 0 aliphatic rings. The fraction of sp³-hybridized carbons (Fsp3) is 0.150. The minimum absolute atomic E-state index is 0.00760. The number of rotatable bonds is 5. The Kier molecular flexibility index (Phi) is 5.28. The van der Waals surface area contributed by atoms with E-state index < -0.39 is 0 Å². The van der Waals surface area contributed by atoms with E-state index in [1.165, 1.54) is 5.56 Å². The van der Waals surface area contributed by atoms with Crippen LogP contribution in [0.5, 0.6) is 0 Å². The quantitative estimate of drug-likeness (QED) is 0.694. The summed E-state index contributed by atoms with van der Waals surface area (Å²) in [6, 6.07) is 18.1. The highest BCUT2D eigenvalue weighted by Crippen LogP contribution is 2.15. The molecule has 0 saturated carbocycles. The first-order valence-corrected chi connectivity index (χ1v) is 7.20. The van der Waals surface area contributed by atoms with Gasteiger partial charge >= 0.3 is 0 Å². The van der Waals surface area contributed by atoms with Crippen LogP contribution in [0.3, 0.4) is 0 Å². The van der Waals surface area contributed by atoms with E-state index in [2.05, 4.69) is 26.0 Å². The van der Waals surface area contributed by atoms with E-state index in [9.17, 15) is 4.79 Å². The number of ketones is 1. The maximum atomic E-state index is 11.8. The number of allylic oxidation sites excluding steroid dienone is 2. The third-order valence-corrected chi connectivity index (χ3v) is 3.28. The number of hydrogen-bond donors (Lipinski definition) is 0. The molecule has 2 aromatic rings. The average Bonchev–Trinajstić information content (AvgIpc) is 2.52. The third-order valence-electron chi connectivity index (χ3n) is 3.28. The molecule has 0 radical (unpaired) electrons. The predicted molar refractivity (Wildman–Crippen MR) is 90.0 cm³/mol. The summed E-state index contributed by atoms with van der Waals surface area (Å²) in [5.41, 5.74) is 3.38. The van der Waals surface area contributed by atoms with E-state index in [1.54, 1.807) is 12.2 Å². The van der Waals surface area contributed by atoms with Gasteiger partial charge in [-0.05, 0) is 34.8 Å². The molecule has 0 amide bonds. The van der Waals surface area contributed by atoms with Crippen LogP contribution in [0.1, 0.15) is 36.5 Å². The van der Waals surface area contributed by atoms with Crippen LogP contribution in [0.4, 0.5) is 0 Å². The van der Waals surface area contributed by atoms with Gasteiger partial charge < -0.3 is 0 Å². The molecule has 0 saturated heterocycles. The lowest BCUT2D eigenvalue weighted by molar-refractivity contribution is -0.110. The third kappa shape index (κ3) is 4.88. The van der Waals surface area contributed by atoms with E-state index in [1.807, 2.05) is 54.6 Å². The Balaban J connectivity index is 1.97. The molecule has 1 nitrogen and oxygen atoms in total. The Bertz CT molecular complexity index is 631. The zero-order valence-corrected chi connectivity index (χ0v) is 12.5. The van der Waals surface area contributed by atoms with Crippen molar-refractivity contribution in [3.8, 4) is 0 Å². The van der Waals surface area contributed by atoms with Crippen LogP contribution in [0.2, 0.25) is 0 Å². The molecule has 0 aromatic heterocycles. The van der Waals surface area contributed by atoms with Gasteiger partial charge in [-0.1, -0.05) is 80.6 Å². The van der Waals surface area contributed by atoms with E-state index >= 15 is 0 Å². The second-order valence-corrected chi connectivity index (χ2v) is 5.30. The Morgan fingerprint density at radius 3 is 1.86 bits per heavy atom. The largest absolute Gasteiger partial charge is 0.290 e. The van der Waals surface area contributed by atoms with Gasteiger partial charge in [-0.15, -0.1) is 0 Å². The van der Waals surface area contributed by atoms with Crippen molar-refractivity contribution in [1.29, 1.82) is 0 Å². The van der Waals surface area contributed by atoms with Gasteiger partial charge in [0.15, 0.2) is 5.78 Å². The van der Waals surface area contributed by atoms with Gasteiger partial charge in [-0.3, -0.25) is 4.79 Å². The molecule has 0 spiro atoms. The summed E-state index contributed by atoms with van der Waals surface area (Å²) in [4.78, 5) is 11.8. The highest BCUT2D eigenvalue weighted by atomic mass is 16.1. The van der Waals surface area contributed by atoms with Gasteiger partial charge in [0.05, 0.1) is 0 Å². The summed E-state index contributed by atoms with van der Waals surface area (Å²) < 4.78 is 0. The van der Waals surface area contributed by atoms with Crippen LogP contribution in [0, 0.1) is 0 Å². The lowest BCUT2D eigenvalue weighted by Crippen LogP contribution is -1.87. The summed E-state index contributed by atoms with van der Waals surface area (Å²) in [6.07, 6.45) is 6.87. The van der Waals surface area contributed by atoms with Crippen molar-refractivity contribution >= 4 is 17.9 Å². The molecule has 0 aliphatic carbocycles. The average molecular weight is 276 g/mol. The Hall–Kier alpha value is -2.41. The molecule has 106 valence electrons. The molecular formula is C20H20O. The molecule has 0 fully saturated rings. The van der Waals surface area contributed by atoms with Crippen molar-refractivity contribution in [2.24, 2.45) is 0 Å². The standard InChI is InChI=1S/C20H20O/c1-16(2)19-12-8-18(9-13-19)11-15-20(21)14-10-17-6-4-3-5-7-17/h3-16H,1-2H3.